The van der Waals surface area contributed by atoms with Crippen LogP contribution in [-0.4, -0.2) is 27.1 Å². The van der Waals surface area contributed by atoms with Gasteiger partial charge in [0.25, 0.3) is 0 Å². The Hall–Kier alpha value is -2.05. The van der Waals surface area contributed by atoms with E-state index in [1.807, 2.05) is 38.1 Å². The van der Waals surface area contributed by atoms with Gasteiger partial charge < -0.3 is 5.32 Å². The van der Waals surface area contributed by atoms with Gasteiger partial charge in [-0.1, -0.05) is 35.9 Å². The van der Waals surface area contributed by atoms with Gasteiger partial charge >= 0.3 is 0 Å². The first-order valence-corrected chi connectivity index (χ1v) is 11.0. The number of anilines is 1. The van der Waals surface area contributed by atoms with Crippen LogP contribution in [0.2, 0.25) is 5.02 Å². The molecular weight excluding hydrogens is 384 g/mol. The van der Waals surface area contributed by atoms with Crippen LogP contribution >= 0.6 is 11.6 Å². The first kappa shape index (κ1) is 21.3. The summed E-state index contributed by atoms with van der Waals surface area (Å²) >= 11 is 5.84. The van der Waals surface area contributed by atoms with Crippen molar-refractivity contribution in [2.24, 2.45) is 0 Å². The smallest absolute Gasteiger partial charge is 0.232 e. The molecule has 5 nitrogen and oxygen atoms in total. The van der Waals surface area contributed by atoms with Gasteiger partial charge in [-0.05, 0) is 55.2 Å². The van der Waals surface area contributed by atoms with Crippen LogP contribution in [0.1, 0.15) is 29.5 Å². The van der Waals surface area contributed by atoms with E-state index in [1.54, 1.807) is 18.2 Å². The number of hydrogen-bond donors (Lipinski definition) is 1. The van der Waals surface area contributed by atoms with Crippen LogP contribution in [0.5, 0.6) is 0 Å². The molecule has 27 heavy (non-hydrogen) atoms. The number of nitrogens with one attached hydrogen (secondary N) is 1. The third kappa shape index (κ3) is 6.26. The number of sulfonamides is 1. The summed E-state index contributed by atoms with van der Waals surface area (Å²) in [5.41, 5.74) is 3.58. The molecule has 0 aliphatic carbocycles. The lowest BCUT2D eigenvalue weighted by molar-refractivity contribution is -0.121. The summed E-state index contributed by atoms with van der Waals surface area (Å²) in [6.45, 7) is 4.53. The number of amides is 1. The molecule has 0 spiro atoms. The second-order valence-electron chi connectivity index (χ2n) is 6.56. The number of carbonyl (C=O) groups excluding carboxylic acids is 1. The molecule has 2 rings (SSSR count). The molecule has 0 atom stereocenters. The van der Waals surface area contributed by atoms with Crippen molar-refractivity contribution in [1.29, 1.82) is 0 Å². The zero-order chi connectivity index (χ0) is 20.0. The fourth-order valence-electron chi connectivity index (χ4n) is 2.75. The van der Waals surface area contributed by atoms with E-state index in [1.165, 1.54) is 10.6 Å². The molecule has 1 amide bonds. The highest BCUT2D eigenvalue weighted by molar-refractivity contribution is 7.92. The van der Waals surface area contributed by atoms with E-state index in [0.717, 1.165) is 16.7 Å². The second kappa shape index (κ2) is 9.24. The Morgan fingerprint density at radius 1 is 1.11 bits per heavy atom. The number of rotatable bonds is 8. The fraction of sp³-hybridized carbons (Fsp3) is 0.350. The maximum Gasteiger partial charge on any atom is 0.232 e. The highest BCUT2D eigenvalue weighted by Crippen LogP contribution is 2.25. The topological polar surface area (TPSA) is 66.5 Å². The molecular formula is C20H25ClN2O3S. The number of carbonyl (C=O) groups is 1. The van der Waals surface area contributed by atoms with Crippen molar-refractivity contribution in [3.63, 3.8) is 0 Å². The van der Waals surface area contributed by atoms with Crippen LogP contribution < -0.4 is 9.62 Å². The van der Waals surface area contributed by atoms with Crippen molar-refractivity contribution < 1.29 is 13.2 Å². The van der Waals surface area contributed by atoms with Crippen LogP contribution in [-0.2, 0) is 21.4 Å². The summed E-state index contributed by atoms with van der Waals surface area (Å²) in [6.07, 6.45) is 1.88. The molecule has 0 saturated carbocycles. The molecule has 0 aliphatic heterocycles. The van der Waals surface area contributed by atoms with Gasteiger partial charge in [-0.2, -0.15) is 0 Å². The van der Waals surface area contributed by atoms with Crippen LogP contribution in [0.4, 0.5) is 5.69 Å². The van der Waals surface area contributed by atoms with Gasteiger partial charge in [-0.15, -0.1) is 0 Å². The summed E-state index contributed by atoms with van der Waals surface area (Å²) in [5.74, 6) is -0.112. The third-order valence-electron chi connectivity index (χ3n) is 4.41. The third-order valence-corrected chi connectivity index (χ3v) is 5.84. The highest BCUT2D eigenvalue weighted by atomic mass is 35.5. The van der Waals surface area contributed by atoms with Gasteiger partial charge in [0.15, 0.2) is 0 Å². The van der Waals surface area contributed by atoms with Crippen molar-refractivity contribution in [1.82, 2.24) is 5.32 Å². The van der Waals surface area contributed by atoms with Gasteiger partial charge in [-0.3, -0.25) is 9.10 Å². The standard InChI is InChI=1S/C20H25ClN2O3S/c1-15-6-4-7-19(16(15)2)23(27(3,25)26)13-5-8-20(24)22-14-17-9-11-18(21)12-10-17/h4,6-7,9-12H,5,8,13-14H2,1-3H3,(H,22,24). The van der Waals surface area contributed by atoms with E-state index in [9.17, 15) is 13.2 Å². The zero-order valence-corrected chi connectivity index (χ0v) is 17.4. The normalized spacial score (nSPS) is 11.3. The van der Waals surface area contributed by atoms with E-state index < -0.39 is 10.0 Å². The van der Waals surface area contributed by atoms with Crippen molar-refractivity contribution in [2.75, 3.05) is 17.1 Å². The van der Waals surface area contributed by atoms with Gasteiger partial charge in [0.05, 0.1) is 11.9 Å². The number of nitrogens with zero attached hydrogens (tertiary/aromatic N) is 1. The van der Waals surface area contributed by atoms with Gasteiger partial charge in [0, 0.05) is 24.5 Å². The minimum absolute atomic E-state index is 0.112. The first-order chi connectivity index (χ1) is 12.7. The van der Waals surface area contributed by atoms with Gasteiger partial charge in [-0.25, -0.2) is 8.42 Å². The molecule has 7 heteroatoms. The van der Waals surface area contributed by atoms with Crippen molar-refractivity contribution in [2.45, 2.75) is 33.2 Å². The minimum Gasteiger partial charge on any atom is -0.352 e. The van der Waals surface area contributed by atoms with Crippen LogP contribution in [0.25, 0.3) is 0 Å². The number of halogens is 1. The quantitative estimate of drug-likeness (QED) is 0.722. The largest absolute Gasteiger partial charge is 0.352 e. The summed E-state index contributed by atoms with van der Waals surface area (Å²) in [6, 6.07) is 12.8. The Balaban J connectivity index is 1.93. The average Bonchev–Trinajstić information content (AvgIpc) is 2.60. The summed E-state index contributed by atoms with van der Waals surface area (Å²) in [5, 5.41) is 3.49. The molecule has 0 radical (unpaired) electrons. The number of aryl methyl sites for hydroxylation is 1. The van der Waals surface area contributed by atoms with Gasteiger partial charge in [0.2, 0.25) is 15.9 Å². The van der Waals surface area contributed by atoms with Crippen LogP contribution in [0.3, 0.4) is 0 Å². The second-order valence-corrected chi connectivity index (χ2v) is 8.90. The Bertz CT molecular complexity index is 896. The van der Waals surface area contributed by atoms with E-state index >= 15 is 0 Å². The van der Waals surface area contributed by atoms with E-state index in [2.05, 4.69) is 5.32 Å². The van der Waals surface area contributed by atoms with Crippen molar-refractivity contribution in [3.05, 3.63) is 64.2 Å². The molecule has 0 heterocycles. The number of hydrogen-bond acceptors (Lipinski definition) is 3. The zero-order valence-electron chi connectivity index (χ0n) is 15.8. The summed E-state index contributed by atoms with van der Waals surface area (Å²) in [7, 11) is -3.43. The molecule has 1 N–H and O–H groups in total. The van der Waals surface area contributed by atoms with Gasteiger partial charge in [0.1, 0.15) is 0 Å². The fourth-order valence-corrected chi connectivity index (χ4v) is 3.89. The van der Waals surface area contributed by atoms with Crippen molar-refractivity contribution in [3.8, 4) is 0 Å². The molecule has 0 saturated heterocycles. The minimum atomic E-state index is -3.43. The lowest BCUT2D eigenvalue weighted by Crippen LogP contribution is -2.32. The SMILES string of the molecule is Cc1cccc(N(CCCC(=O)NCc2ccc(Cl)cc2)S(C)(=O)=O)c1C. The Morgan fingerprint density at radius 3 is 2.41 bits per heavy atom. The predicted molar refractivity (Wildman–Crippen MR) is 111 cm³/mol. The molecule has 0 fully saturated rings. The molecule has 0 aliphatic rings. The maximum atomic E-state index is 12.2. The molecule has 0 bridgehead atoms. The predicted octanol–water partition coefficient (Wildman–Crippen LogP) is 3.82. The van der Waals surface area contributed by atoms with E-state index in [-0.39, 0.29) is 18.9 Å². The van der Waals surface area contributed by atoms with E-state index in [4.69, 9.17) is 11.6 Å². The summed E-state index contributed by atoms with van der Waals surface area (Å²) < 4.78 is 25.8. The van der Waals surface area contributed by atoms with Crippen LogP contribution in [0.15, 0.2) is 42.5 Å². The lowest BCUT2D eigenvalue weighted by atomic mass is 10.1. The molecule has 0 aromatic heterocycles. The molecule has 0 unspecified atom stereocenters. The average molecular weight is 409 g/mol. The van der Waals surface area contributed by atoms with Crippen molar-refractivity contribution >= 4 is 33.2 Å². The van der Waals surface area contributed by atoms with E-state index in [0.29, 0.717) is 23.7 Å². The van der Waals surface area contributed by atoms with Crippen LogP contribution in [0, 0.1) is 13.8 Å². The molecule has 146 valence electrons. The molecule has 2 aromatic carbocycles. The first-order valence-electron chi connectivity index (χ1n) is 8.73. The lowest BCUT2D eigenvalue weighted by Gasteiger charge is -2.24. The monoisotopic (exact) mass is 408 g/mol. The Labute approximate surface area is 166 Å². The molecule has 2 aromatic rings. The highest BCUT2D eigenvalue weighted by Gasteiger charge is 2.19. The Kier molecular flexibility index (Phi) is 7.27. The Morgan fingerprint density at radius 2 is 1.78 bits per heavy atom. The number of benzene rings is 2. The summed E-state index contributed by atoms with van der Waals surface area (Å²) in [4.78, 5) is 12.1. The maximum absolute atomic E-state index is 12.2.